The van der Waals surface area contributed by atoms with Crippen molar-refractivity contribution < 1.29 is 9.53 Å². The SMILES string of the molecule is O=C(NC1COc2ccccc21)c1ccc(Cl)cc1. The van der Waals surface area contributed by atoms with Crippen LogP contribution >= 0.6 is 11.6 Å². The summed E-state index contributed by atoms with van der Waals surface area (Å²) in [6.45, 7) is 0.471. The molecule has 0 aliphatic carbocycles. The van der Waals surface area contributed by atoms with Crippen molar-refractivity contribution in [2.24, 2.45) is 0 Å². The topological polar surface area (TPSA) is 38.3 Å². The van der Waals surface area contributed by atoms with Crippen LogP contribution in [0.25, 0.3) is 0 Å². The minimum atomic E-state index is -0.123. The second-order valence-corrected chi connectivity index (χ2v) is 4.82. The normalized spacial score (nSPS) is 16.6. The fourth-order valence-corrected chi connectivity index (χ4v) is 2.25. The molecule has 1 atom stereocenters. The number of amides is 1. The number of fused-ring (bicyclic) bond motifs is 1. The van der Waals surface area contributed by atoms with Crippen LogP contribution in [-0.4, -0.2) is 12.5 Å². The standard InChI is InChI=1S/C15H12ClNO2/c16-11-7-5-10(6-8-11)15(18)17-13-9-19-14-4-2-1-3-12(13)14/h1-8,13H,9H2,(H,17,18). The number of carbonyl (C=O) groups excluding carboxylic acids is 1. The van der Waals surface area contributed by atoms with Crippen molar-refractivity contribution in [3.63, 3.8) is 0 Å². The summed E-state index contributed by atoms with van der Waals surface area (Å²) >= 11 is 5.80. The highest BCUT2D eigenvalue weighted by Crippen LogP contribution is 2.31. The molecule has 4 heteroatoms. The van der Waals surface area contributed by atoms with Crippen molar-refractivity contribution in [1.82, 2.24) is 5.32 Å². The van der Waals surface area contributed by atoms with Gasteiger partial charge in [0.25, 0.3) is 5.91 Å². The Labute approximate surface area is 116 Å². The van der Waals surface area contributed by atoms with E-state index in [-0.39, 0.29) is 11.9 Å². The summed E-state index contributed by atoms with van der Waals surface area (Å²) in [5, 5.41) is 3.58. The van der Waals surface area contributed by atoms with E-state index in [0.29, 0.717) is 17.2 Å². The lowest BCUT2D eigenvalue weighted by Gasteiger charge is -2.11. The van der Waals surface area contributed by atoms with Crippen molar-refractivity contribution in [3.8, 4) is 5.75 Å². The number of hydrogen-bond acceptors (Lipinski definition) is 2. The Bertz CT molecular complexity index is 610. The molecular weight excluding hydrogens is 262 g/mol. The van der Waals surface area contributed by atoms with Gasteiger partial charge in [-0.1, -0.05) is 29.8 Å². The lowest BCUT2D eigenvalue weighted by atomic mass is 10.1. The summed E-state index contributed by atoms with van der Waals surface area (Å²) in [6.07, 6.45) is 0. The molecule has 1 aliphatic heterocycles. The maximum Gasteiger partial charge on any atom is 0.251 e. The molecule has 1 heterocycles. The van der Waals surface area contributed by atoms with Gasteiger partial charge in [-0.2, -0.15) is 0 Å². The van der Waals surface area contributed by atoms with Crippen LogP contribution in [0.4, 0.5) is 0 Å². The molecular formula is C15H12ClNO2. The molecule has 1 unspecified atom stereocenters. The maximum absolute atomic E-state index is 12.1. The van der Waals surface area contributed by atoms with E-state index in [0.717, 1.165) is 11.3 Å². The number of carbonyl (C=O) groups is 1. The molecule has 0 bridgehead atoms. The first-order chi connectivity index (χ1) is 9.24. The lowest BCUT2D eigenvalue weighted by Crippen LogP contribution is -2.29. The molecule has 3 rings (SSSR count). The van der Waals surface area contributed by atoms with E-state index >= 15 is 0 Å². The monoisotopic (exact) mass is 273 g/mol. The highest BCUT2D eigenvalue weighted by Gasteiger charge is 2.25. The minimum absolute atomic E-state index is 0.0978. The van der Waals surface area contributed by atoms with Crippen LogP contribution < -0.4 is 10.1 Å². The largest absolute Gasteiger partial charge is 0.491 e. The van der Waals surface area contributed by atoms with E-state index in [1.807, 2.05) is 24.3 Å². The van der Waals surface area contributed by atoms with Crippen LogP contribution in [0.2, 0.25) is 5.02 Å². The predicted octanol–water partition coefficient (Wildman–Crippen LogP) is 3.20. The van der Waals surface area contributed by atoms with Gasteiger partial charge in [-0.15, -0.1) is 0 Å². The van der Waals surface area contributed by atoms with Gasteiger partial charge >= 0.3 is 0 Å². The van der Waals surface area contributed by atoms with Gasteiger partial charge < -0.3 is 10.1 Å². The molecule has 1 aliphatic rings. The number of halogens is 1. The number of para-hydroxylation sites is 1. The van der Waals surface area contributed by atoms with E-state index in [1.165, 1.54) is 0 Å². The summed E-state index contributed by atoms with van der Waals surface area (Å²) in [6, 6.07) is 14.5. The van der Waals surface area contributed by atoms with Crippen LogP contribution in [0.15, 0.2) is 48.5 Å². The molecule has 2 aromatic carbocycles. The van der Waals surface area contributed by atoms with Crippen LogP contribution in [0.1, 0.15) is 22.0 Å². The van der Waals surface area contributed by atoms with Crippen LogP contribution in [0.5, 0.6) is 5.75 Å². The summed E-state index contributed by atoms with van der Waals surface area (Å²) in [5.41, 5.74) is 1.61. The van der Waals surface area contributed by atoms with Gasteiger partial charge in [0.05, 0.1) is 6.04 Å². The van der Waals surface area contributed by atoms with E-state index in [1.54, 1.807) is 24.3 Å². The van der Waals surface area contributed by atoms with Gasteiger partial charge in [0.15, 0.2) is 0 Å². The van der Waals surface area contributed by atoms with Crippen molar-refractivity contribution in [2.75, 3.05) is 6.61 Å². The molecule has 19 heavy (non-hydrogen) atoms. The Morgan fingerprint density at radius 1 is 1.16 bits per heavy atom. The number of benzene rings is 2. The fourth-order valence-electron chi connectivity index (χ4n) is 2.13. The van der Waals surface area contributed by atoms with Gasteiger partial charge in [-0.25, -0.2) is 0 Å². The Morgan fingerprint density at radius 2 is 1.89 bits per heavy atom. The average Bonchev–Trinajstić information content (AvgIpc) is 2.83. The lowest BCUT2D eigenvalue weighted by molar-refractivity contribution is 0.0930. The van der Waals surface area contributed by atoms with E-state index in [4.69, 9.17) is 16.3 Å². The summed E-state index contributed by atoms with van der Waals surface area (Å²) in [5.74, 6) is 0.714. The Kier molecular flexibility index (Phi) is 3.13. The van der Waals surface area contributed by atoms with Gasteiger partial charge in [0.1, 0.15) is 12.4 Å². The van der Waals surface area contributed by atoms with Gasteiger partial charge in [-0.3, -0.25) is 4.79 Å². The molecule has 0 saturated carbocycles. The molecule has 1 N–H and O–H groups in total. The van der Waals surface area contributed by atoms with Gasteiger partial charge in [0.2, 0.25) is 0 Å². The zero-order valence-corrected chi connectivity index (χ0v) is 10.9. The highest BCUT2D eigenvalue weighted by atomic mass is 35.5. The molecule has 2 aromatic rings. The Balaban J connectivity index is 1.76. The smallest absolute Gasteiger partial charge is 0.251 e. The van der Waals surface area contributed by atoms with Gasteiger partial charge in [0, 0.05) is 16.1 Å². The van der Waals surface area contributed by atoms with E-state index < -0.39 is 0 Å². The van der Waals surface area contributed by atoms with Crippen molar-refractivity contribution in [1.29, 1.82) is 0 Å². The number of hydrogen-bond donors (Lipinski definition) is 1. The second kappa shape index (κ2) is 4.94. The molecule has 0 fully saturated rings. The van der Waals surface area contributed by atoms with Crippen molar-refractivity contribution in [2.45, 2.75) is 6.04 Å². The quantitative estimate of drug-likeness (QED) is 0.912. The predicted molar refractivity (Wildman–Crippen MR) is 73.6 cm³/mol. The zero-order valence-electron chi connectivity index (χ0n) is 10.1. The minimum Gasteiger partial charge on any atom is -0.491 e. The molecule has 0 saturated heterocycles. The third-order valence-corrected chi connectivity index (χ3v) is 3.36. The summed E-state index contributed by atoms with van der Waals surface area (Å²) in [7, 11) is 0. The van der Waals surface area contributed by atoms with Crippen molar-refractivity contribution in [3.05, 3.63) is 64.7 Å². The molecule has 3 nitrogen and oxygen atoms in total. The first-order valence-corrected chi connectivity index (χ1v) is 6.40. The molecule has 0 radical (unpaired) electrons. The Morgan fingerprint density at radius 3 is 2.68 bits per heavy atom. The van der Waals surface area contributed by atoms with Crippen LogP contribution in [-0.2, 0) is 0 Å². The number of rotatable bonds is 2. The third-order valence-electron chi connectivity index (χ3n) is 3.11. The fraction of sp³-hybridized carbons (Fsp3) is 0.133. The molecule has 0 spiro atoms. The molecule has 96 valence electrons. The molecule has 0 aromatic heterocycles. The van der Waals surface area contributed by atoms with Crippen LogP contribution in [0.3, 0.4) is 0 Å². The molecule has 1 amide bonds. The second-order valence-electron chi connectivity index (χ2n) is 4.38. The highest BCUT2D eigenvalue weighted by molar-refractivity contribution is 6.30. The van der Waals surface area contributed by atoms with Crippen LogP contribution in [0, 0.1) is 0 Å². The van der Waals surface area contributed by atoms with E-state index in [2.05, 4.69) is 5.32 Å². The zero-order chi connectivity index (χ0) is 13.2. The van der Waals surface area contributed by atoms with Gasteiger partial charge in [-0.05, 0) is 30.3 Å². The summed E-state index contributed by atoms with van der Waals surface area (Å²) < 4.78 is 5.53. The maximum atomic E-state index is 12.1. The summed E-state index contributed by atoms with van der Waals surface area (Å²) in [4.78, 5) is 12.1. The number of ether oxygens (including phenoxy) is 1. The third kappa shape index (κ3) is 2.42. The average molecular weight is 274 g/mol. The Hall–Kier alpha value is -2.00. The first-order valence-electron chi connectivity index (χ1n) is 6.02. The van der Waals surface area contributed by atoms with E-state index in [9.17, 15) is 4.79 Å². The first kappa shape index (κ1) is 12.1. The van der Waals surface area contributed by atoms with Crippen molar-refractivity contribution >= 4 is 17.5 Å². The number of nitrogens with one attached hydrogen (secondary N) is 1.